The van der Waals surface area contributed by atoms with Crippen molar-refractivity contribution in [2.45, 2.75) is 0 Å². The summed E-state index contributed by atoms with van der Waals surface area (Å²) >= 11 is 0. The van der Waals surface area contributed by atoms with Crippen LogP contribution in [0.5, 0.6) is 0 Å². The van der Waals surface area contributed by atoms with Gasteiger partial charge in [-0.05, 0) is 165 Å². The maximum absolute atomic E-state index is 2.38. The van der Waals surface area contributed by atoms with Gasteiger partial charge in [-0.1, -0.05) is 267 Å². The molecular formula is C74H46. The van der Waals surface area contributed by atoms with E-state index in [-0.39, 0.29) is 0 Å². The molecule has 0 heteroatoms. The Morgan fingerprint density at radius 3 is 0.784 bits per heavy atom. The van der Waals surface area contributed by atoms with Gasteiger partial charge in [-0.3, -0.25) is 0 Å². The molecule has 0 nitrogen and oxygen atoms in total. The molecule has 0 aliphatic carbocycles. The van der Waals surface area contributed by atoms with E-state index in [0.29, 0.717) is 0 Å². The van der Waals surface area contributed by atoms with Gasteiger partial charge in [0.05, 0.1) is 0 Å². The third kappa shape index (κ3) is 6.62. The predicted molar refractivity (Wildman–Crippen MR) is 319 cm³/mol. The van der Waals surface area contributed by atoms with Crippen molar-refractivity contribution in [1.29, 1.82) is 0 Å². The lowest BCUT2D eigenvalue weighted by atomic mass is 9.83. The van der Waals surface area contributed by atoms with Gasteiger partial charge in [0.2, 0.25) is 0 Å². The molecule has 0 fully saturated rings. The molecule has 15 rings (SSSR count). The predicted octanol–water partition coefficient (Wildman–Crippen LogP) is 20.9. The van der Waals surface area contributed by atoms with E-state index in [0.717, 1.165) is 0 Å². The van der Waals surface area contributed by atoms with Crippen molar-refractivity contribution < 1.29 is 0 Å². The van der Waals surface area contributed by atoms with Crippen LogP contribution in [-0.2, 0) is 0 Å². The molecule has 15 aromatic rings. The maximum Gasteiger partial charge on any atom is -0.00201 e. The van der Waals surface area contributed by atoms with E-state index in [1.54, 1.807) is 0 Å². The molecule has 0 spiro atoms. The number of benzene rings is 15. The molecule has 0 heterocycles. The summed E-state index contributed by atoms with van der Waals surface area (Å²) in [5.41, 5.74) is 15.0. The minimum Gasteiger partial charge on any atom is -0.0616 e. The van der Waals surface area contributed by atoms with Gasteiger partial charge in [0.25, 0.3) is 0 Å². The van der Waals surface area contributed by atoms with Crippen molar-refractivity contribution in [3.05, 3.63) is 279 Å². The van der Waals surface area contributed by atoms with Crippen molar-refractivity contribution in [1.82, 2.24) is 0 Å². The molecule has 0 saturated carbocycles. The molecule has 0 unspecified atom stereocenters. The van der Waals surface area contributed by atoms with Gasteiger partial charge >= 0.3 is 0 Å². The Balaban J connectivity index is 0.838. The summed E-state index contributed by atoms with van der Waals surface area (Å²) in [5, 5.41) is 20.1. The van der Waals surface area contributed by atoms with Crippen LogP contribution in [-0.4, -0.2) is 0 Å². The maximum atomic E-state index is 2.38. The number of hydrogen-bond donors (Lipinski definition) is 0. The Kier molecular flexibility index (Phi) is 9.68. The van der Waals surface area contributed by atoms with Gasteiger partial charge in [-0.2, -0.15) is 0 Å². The third-order valence-electron chi connectivity index (χ3n) is 15.8. The Morgan fingerprint density at radius 1 is 0.135 bits per heavy atom. The molecule has 15 aromatic carbocycles. The van der Waals surface area contributed by atoms with Crippen molar-refractivity contribution in [3.8, 4) is 66.8 Å². The van der Waals surface area contributed by atoms with Gasteiger partial charge in [-0.15, -0.1) is 0 Å². The SMILES string of the molecule is c1ccc2c(-c3ccc(-c4c5ccccc5c(-c5cccc6cc(-c7ccc8c(-c9c%10ccccc%10c(-c%10cccc%11ccccc%10%11)c%10ccccc9%10)cccc8c7)ccc56)c5ccccc45)cc3)cccc2c1. The highest BCUT2D eigenvalue weighted by Crippen LogP contribution is 2.49. The zero-order valence-corrected chi connectivity index (χ0v) is 40.6. The third-order valence-corrected chi connectivity index (χ3v) is 15.8. The first-order valence-corrected chi connectivity index (χ1v) is 25.7. The van der Waals surface area contributed by atoms with Crippen LogP contribution >= 0.6 is 0 Å². The molecule has 0 atom stereocenters. The van der Waals surface area contributed by atoms with Gasteiger partial charge in [0.15, 0.2) is 0 Å². The highest BCUT2D eigenvalue weighted by atomic mass is 14.2. The molecule has 0 radical (unpaired) electrons. The number of hydrogen-bond acceptors (Lipinski definition) is 0. The van der Waals surface area contributed by atoms with E-state index < -0.39 is 0 Å². The molecule has 0 aliphatic rings. The second-order valence-corrected chi connectivity index (χ2v) is 19.8. The van der Waals surface area contributed by atoms with Crippen LogP contribution in [0.3, 0.4) is 0 Å². The van der Waals surface area contributed by atoms with Crippen LogP contribution in [0.25, 0.3) is 153 Å². The van der Waals surface area contributed by atoms with E-state index in [1.165, 1.54) is 153 Å². The first kappa shape index (κ1) is 42.1. The van der Waals surface area contributed by atoms with Crippen molar-refractivity contribution >= 4 is 86.2 Å². The quantitative estimate of drug-likeness (QED) is 0.146. The topological polar surface area (TPSA) is 0 Å². The van der Waals surface area contributed by atoms with E-state index in [2.05, 4.69) is 279 Å². The van der Waals surface area contributed by atoms with Crippen molar-refractivity contribution in [2.24, 2.45) is 0 Å². The van der Waals surface area contributed by atoms with Gasteiger partial charge in [0.1, 0.15) is 0 Å². The number of fused-ring (bicyclic) bond motifs is 8. The Morgan fingerprint density at radius 2 is 0.392 bits per heavy atom. The van der Waals surface area contributed by atoms with Crippen molar-refractivity contribution in [3.63, 3.8) is 0 Å². The zero-order chi connectivity index (χ0) is 48.7. The molecule has 0 N–H and O–H groups in total. The standard InChI is InChI=1S/C74H46/c1-3-23-55-47(17-1)19-13-33-56(55)49-37-39-50(40-38-49)71-63-25-5-7-27-65(63)73(66-28-8-6-26-64(66)71)61-35-15-21-53-45-51(41-43-58(53)61)52-42-44-59-54(46-52)22-16-36-62(59)74-69-31-11-9-29-67(69)72(68-30-10-12-32-70(68)74)60-34-14-20-48-18-2-4-24-57(48)60/h1-46H. The molecule has 74 heavy (non-hydrogen) atoms. The van der Waals surface area contributed by atoms with E-state index >= 15 is 0 Å². The van der Waals surface area contributed by atoms with E-state index in [9.17, 15) is 0 Å². The van der Waals surface area contributed by atoms with Gasteiger partial charge < -0.3 is 0 Å². The lowest BCUT2D eigenvalue weighted by Gasteiger charge is -2.20. The lowest BCUT2D eigenvalue weighted by Crippen LogP contribution is -1.92. The zero-order valence-electron chi connectivity index (χ0n) is 40.6. The Labute approximate surface area is 429 Å². The van der Waals surface area contributed by atoms with E-state index in [1.807, 2.05) is 0 Å². The minimum atomic E-state index is 1.20. The normalized spacial score (nSPS) is 11.8. The summed E-state index contributed by atoms with van der Waals surface area (Å²) in [6.45, 7) is 0. The van der Waals surface area contributed by atoms with Crippen LogP contribution in [0.2, 0.25) is 0 Å². The smallest absolute Gasteiger partial charge is 0.00201 e. The monoisotopic (exact) mass is 934 g/mol. The fourth-order valence-corrected chi connectivity index (χ4v) is 12.5. The Bertz CT molecular complexity index is 4640. The van der Waals surface area contributed by atoms with E-state index in [4.69, 9.17) is 0 Å². The lowest BCUT2D eigenvalue weighted by molar-refractivity contribution is 1.63. The van der Waals surface area contributed by atoms with Gasteiger partial charge in [0, 0.05) is 0 Å². The summed E-state index contributed by atoms with van der Waals surface area (Å²) in [7, 11) is 0. The van der Waals surface area contributed by atoms with Crippen LogP contribution in [0.1, 0.15) is 0 Å². The van der Waals surface area contributed by atoms with Crippen molar-refractivity contribution in [2.75, 3.05) is 0 Å². The Hall–Kier alpha value is -9.62. The first-order valence-electron chi connectivity index (χ1n) is 25.7. The molecule has 0 bridgehead atoms. The highest BCUT2D eigenvalue weighted by molar-refractivity contribution is 6.26. The molecule has 0 aromatic heterocycles. The molecule has 0 amide bonds. The molecular weight excluding hydrogens is 889 g/mol. The first-order chi connectivity index (χ1) is 36.7. The van der Waals surface area contributed by atoms with Crippen LogP contribution in [0.15, 0.2) is 279 Å². The molecule has 342 valence electrons. The summed E-state index contributed by atoms with van der Waals surface area (Å²) in [6.07, 6.45) is 0. The fourth-order valence-electron chi connectivity index (χ4n) is 12.5. The summed E-state index contributed by atoms with van der Waals surface area (Å²) in [4.78, 5) is 0. The molecule has 0 aliphatic heterocycles. The number of rotatable bonds is 6. The fraction of sp³-hybridized carbons (Fsp3) is 0. The summed E-state index contributed by atoms with van der Waals surface area (Å²) < 4.78 is 0. The second-order valence-electron chi connectivity index (χ2n) is 19.8. The second kappa shape index (κ2) is 17.0. The van der Waals surface area contributed by atoms with Crippen LogP contribution < -0.4 is 0 Å². The molecule has 0 saturated heterocycles. The largest absolute Gasteiger partial charge is 0.0616 e. The average Bonchev–Trinajstić information content (AvgIpc) is 3.48. The summed E-state index contributed by atoms with van der Waals surface area (Å²) in [5.74, 6) is 0. The average molecular weight is 935 g/mol. The van der Waals surface area contributed by atoms with Crippen LogP contribution in [0.4, 0.5) is 0 Å². The van der Waals surface area contributed by atoms with Crippen LogP contribution in [0, 0.1) is 0 Å². The highest BCUT2D eigenvalue weighted by Gasteiger charge is 2.21. The minimum absolute atomic E-state index is 1.20. The van der Waals surface area contributed by atoms with Gasteiger partial charge in [-0.25, -0.2) is 0 Å². The summed E-state index contributed by atoms with van der Waals surface area (Å²) in [6, 6.07) is 104.